The van der Waals surface area contributed by atoms with Crippen molar-refractivity contribution in [3.8, 4) is 0 Å². The van der Waals surface area contributed by atoms with Crippen molar-refractivity contribution < 1.29 is 42.1 Å². The minimum atomic E-state index is -3.74. The smallest absolute Gasteiger partial charge is 0.465 e. The van der Waals surface area contributed by atoms with Crippen molar-refractivity contribution in [3.05, 3.63) is 0 Å². The number of alkyl halides is 2. The Morgan fingerprint density at radius 3 is 1.89 bits per heavy atom. The molecule has 0 bridgehead atoms. The molecule has 10 heteroatoms. The normalized spacial score (nSPS) is 13.4. The first-order valence-corrected chi connectivity index (χ1v) is 8.76. The van der Waals surface area contributed by atoms with Crippen molar-refractivity contribution in [2.45, 2.75) is 77.6 Å². The van der Waals surface area contributed by atoms with E-state index >= 15 is 0 Å². The number of hydrogen-bond donors (Lipinski definition) is 0. The Morgan fingerprint density at radius 1 is 0.964 bits per heavy atom. The molecule has 0 unspecified atom stereocenters. The van der Waals surface area contributed by atoms with Crippen molar-refractivity contribution in [1.29, 1.82) is 0 Å². The van der Waals surface area contributed by atoms with Crippen molar-refractivity contribution in [2.75, 3.05) is 20.8 Å². The fourth-order valence-corrected chi connectivity index (χ4v) is 1.91. The highest BCUT2D eigenvalue weighted by Crippen LogP contribution is 2.25. The van der Waals surface area contributed by atoms with Gasteiger partial charge in [0.15, 0.2) is 0 Å². The Kier molecular flexibility index (Phi) is 9.13. The molecule has 0 radical (unpaired) electrons. The van der Waals surface area contributed by atoms with Gasteiger partial charge in [0.2, 0.25) is 0 Å². The molecular weight excluding hydrogens is 380 g/mol. The molecule has 0 fully saturated rings. The Morgan fingerprint density at radius 2 is 1.46 bits per heavy atom. The summed E-state index contributed by atoms with van der Waals surface area (Å²) in [4.78, 5) is 36.2. The van der Waals surface area contributed by atoms with Crippen LogP contribution in [0.2, 0.25) is 0 Å². The second-order valence-electron chi connectivity index (χ2n) is 8.26. The summed E-state index contributed by atoms with van der Waals surface area (Å²) < 4.78 is 46.8. The van der Waals surface area contributed by atoms with E-state index in [0.29, 0.717) is 0 Å². The van der Waals surface area contributed by atoms with Gasteiger partial charge >= 0.3 is 24.1 Å². The number of carbonyl (C=O) groups excluding carboxylic acids is 3. The summed E-state index contributed by atoms with van der Waals surface area (Å²) in [6.45, 7) is 9.44. The van der Waals surface area contributed by atoms with Crippen molar-refractivity contribution in [2.24, 2.45) is 0 Å². The molecule has 0 aliphatic carbocycles. The van der Waals surface area contributed by atoms with Crippen LogP contribution in [0.3, 0.4) is 0 Å². The largest absolute Gasteiger partial charge is 0.508 e. The molecule has 0 aliphatic rings. The molecule has 8 nitrogen and oxygen atoms in total. The minimum absolute atomic E-state index is 0.347. The number of likely N-dealkylation sites (N-methyl/N-ethyl adjacent to an activating group) is 1. The van der Waals surface area contributed by atoms with Crippen LogP contribution in [0.1, 0.15) is 54.4 Å². The molecular formula is C18H31F2NO7. The number of methoxy groups -OCH3 is 1. The lowest BCUT2D eigenvalue weighted by atomic mass is 10.1. The van der Waals surface area contributed by atoms with Gasteiger partial charge in [-0.15, -0.1) is 0 Å². The lowest BCUT2D eigenvalue weighted by molar-refractivity contribution is -0.170. The van der Waals surface area contributed by atoms with Gasteiger partial charge in [0.1, 0.15) is 17.8 Å². The van der Waals surface area contributed by atoms with Crippen molar-refractivity contribution in [3.63, 3.8) is 0 Å². The van der Waals surface area contributed by atoms with Crippen LogP contribution in [0.25, 0.3) is 0 Å². The summed E-state index contributed by atoms with van der Waals surface area (Å²) in [6.07, 6.45) is -3.04. The zero-order valence-electron chi connectivity index (χ0n) is 17.8. The van der Waals surface area contributed by atoms with Crippen LogP contribution in [0, 0.1) is 0 Å². The van der Waals surface area contributed by atoms with Gasteiger partial charge in [-0.05, 0) is 48.0 Å². The summed E-state index contributed by atoms with van der Waals surface area (Å²) >= 11 is 0. The zero-order valence-corrected chi connectivity index (χ0v) is 17.8. The number of hydrogen-bond acceptors (Lipinski definition) is 7. The average molecular weight is 411 g/mol. The Hall–Kier alpha value is -2.13. The van der Waals surface area contributed by atoms with Crippen molar-refractivity contribution in [1.82, 2.24) is 4.90 Å². The van der Waals surface area contributed by atoms with Gasteiger partial charge in [0.05, 0.1) is 13.2 Å². The fourth-order valence-electron chi connectivity index (χ4n) is 1.91. The predicted octanol–water partition coefficient (Wildman–Crippen LogP) is 3.76. The first kappa shape index (κ1) is 25.9. The third-order valence-corrected chi connectivity index (χ3v) is 3.29. The lowest BCUT2D eigenvalue weighted by Gasteiger charge is -2.31. The topological polar surface area (TPSA) is 91.4 Å². The van der Waals surface area contributed by atoms with E-state index in [1.807, 2.05) is 0 Å². The molecule has 0 N–H and O–H groups in total. The number of halogens is 2. The van der Waals surface area contributed by atoms with E-state index in [0.717, 1.165) is 12.0 Å². The first-order valence-electron chi connectivity index (χ1n) is 8.76. The Bertz CT molecular complexity index is 553. The standard InChI is InChI=1S/C18H31F2NO7/c1-16(2,3)27-14(23)21(7)12(9-10-18(19,20)13(22)25-8)11-26-15(24)28-17(4,5)6/h12H,9-11H2,1-8H3/t12-/m0/s1. The molecule has 0 rings (SSSR count). The molecule has 28 heavy (non-hydrogen) atoms. The SMILES string of the molecule is COC(=O)C(F)(F)CC[C@@H](COC(=O)OC(C)(C)C)N(C)C(=O)OC(C)(C)C. The van der Waals surface area contributed by atoms with Crippen LogP contribution in [0.15, 0.2) is 0 Å². The number of amides is 1. The molecule has 0 saturated carbocycles. The molecule has 1 amide bonds. The second-order valence-corrected chi connectivity index (χ2v) is 8.26. The summed E-state index contributed by atoms with van der Waals surface area (Å²) in [5.41, 5.74) is -1.61. The highest BCUT2D eigenvalue weighted by atomic mass is 19.3. The van der Waals surface area contributed by atoms with Crippen LogP contribution in [0.5, 0.6) is 0 Å². The van der Waals surface area contributed by atoms with E-state index in [2.05, 4.69) is 4.74 Å². The highest BCUT2D eigenvalue weighted by Gasteiger charge is 2.41. The van der Waals surface area contributed by atoms with Crippen molar-refractivity contribution >= 4 is 18.2 Å². The molecule has 0 aromatic rings. The predicted molar refractivity (Wildman–Crippen MR) is 96.2 cm³/mol. The molecule has 0 spiro atoms. The van der Waals surface area contributed by atoms with Gasteiger partial charge in [-0.25, -0.2) is 14.4 Å². The van der Waals surface area contributed by atoms with E-state index in [-0.39, 0.29) is 6.42 Å². The van der Waals surface area contributed by atoms with Gasteiger partial charge in [0.25, 0.3) is 0 Å². The van der Waals surface area contributed by atoms with E-state index in [1.54, 1.807) is 41.5 Å². The molecule has 0 aromatic heterocycles. The van der Waals surface area contributed by atoms with Gasteiger partial charge < -0.3 is 23.8 Å². The van der Waals surface area contributed by atoms with Crippen LogP contribution < -0.4 is 0 Å². The first-order chi connectivity index (χ1) is 12.5. The monoisotopic (exact) mass is 411 g/mol. The van der Waals surface area contributed by atoms with Gasteiger partial charge in [-0.1, -0.05) is 0 Å². The second kappa shape index (κ2) is 9.88. The molecule has 0 saturated heterocycles. The maximum Gasteiger partial charge on any atom is 0.508 e. The van der Waals surface area contributed by atoms with Gasteiger partial charge in [-0.3, -0.25) is 0 Å². The quantitative estimate of drug-likeness (QED) is 0.465. The Labute approximate surface area is 164 Å². The zero-order chi connectivity index (χ0) is 22.3. The van der Waals surface area contributed by atoms with Gasteiger partial charge in [-0.2, -0.15) is 8.78 Å². The van der Waals surface area contributed by atoms with Crippen LogP contribution in [-0.4, -0.2) is 67.0 Å². The minimum Gasteiger partial charge on any atom is -0.465 e. The summed E-state index contributed by atoms with van der Waals surface area (Å²) in [5, 5.41) is 0. The number of rotatable bonds is 7. The molecule has 164 valence electrons. The maximum atomic E-state index is 13.8. The summed E-state index contributed by atoms with van der Waals surface area (Å²) in [5.74, 6) is -5.42. The summed E-state index contributed by atoms with van der Waals surface area (Å²) in [7, 11) is 2.18. The number of ether oxygens (including phenoxy) is 4. The number of nitrogens with zero attached hydrogens (tertiary/aromatic N) is 1. The maximum absolute atomic E-state index is 13.8. The average Bonchev–Trinajstić information content (AvgIpc) is 2.50. The van der Waals surface area contributed by atoms with E-state index in [9.17, 15) is 23.2 Å². The van der Waals surface area contributed by atoms with E-state index in [1.165, 1.54) is 7.05 Å². The number of esters is 1. The fraction of sp³-hybridized carbons (Fsp3) is 0.833. The van der Waals surface area contributed by atoms with Gasteiger partial charge in [0, 0.05) is 13.5 Å². The summed E-state index contributed by atoms with van der Waals surface area (Å²) in [6, 6.07) is -0.974. The molecule has 1 atom stereocenters. The van der Waals surface area contributed by atoms with E-state index in [4.69, 9.17) is 14.2 Å². The molecule has 0 heterocycles. The third-order valence-electron chi connectivity index (χ3n) is 3.29. The van der Waals surface area contributed by atoms with Crippen LogP contribution >= 0.6 is 0 Å². The molecule has 0 aromatic carbocycles. The van der Waals surface area contributed by atoms with Crippen LogP contribution in [-0.2, 0) is 23.7 Å². The highest BCUT2D eigenvalue weighted by molar-refractivity contribution is 5.77. The Balaban J connectivity index is 5.17. The lowest BCUT2D eigenvalue weighted by Crippen LogP contribution is -2.44. The number of carbonyl (C=O) groups is 3. The van der Waals surface area contributed by atoms with E-state index < -0.39 is 54.4 Å². The molecule has 0 aliphatic heterocycles. The van der Waals surface area contributed by atoms with Crippen LogP contribution in [0.4, 0.5) is 18.4 Å². The third kappa shape index (κ3) is 10.3.